The van der Waals surface area contributed by atoms with E-state index in [1.54, 1.807) is 30.5 Å². The van der Waals surface area contributed by atoms with Gasteiger partial charge in [-0.3, -0.25) is 4.79 Å². The molecule has 0 radical (unpaired) electrons. The number of anilines is 3. The molecule has 3 aromatic carbocycles. The Kier molecular flexibility index (Phi) is 8.10. The van der Waals surface area contributed by atoms with Gasteiger partial charge in [0.25, 0.3) is 0 Å². The summed E-state index contributed by atoms with van der Waals surface area (Å²) in [6, 6.07) is 22.7. The summed E-state index contributed by atoms with van der Waals surface area (Å²) in [5.41, 5.74) is 7.54. The van der Waals surface area contributed by atoms with Gasteiger partial charge >= 0.3 is 5.97 Å². The van der Waals surface area contributed by atoms with Crippen LogP contribution in [0.4, 0.5) is 17.2 Å². The molecule has 1 amide bonds. The van der Waals surface area contributed by atoms with Gasteiger partial charge < -0.3 is 20.1 Å². The molecule has 0 bridgehead atoms. The Morgan fingerprint density at radius 3 is 2.62 bits per heavy atom. The van der Waals surface area contributed by atoms with E-state index in [0.717, 1.165) is 52.2 Å². The molecule has 5 rings (SSSR count). The first-order valence-electron chi connectivity index (χ1n) is 13.6. The molecule has 0 unspecified atom stereocenters. The Balaban J connectivity index is 1.27. The van der Waals surface area contributed by atoms with Crippen LogP contribution in [0.3, 0.4) is 0 Å². The van der Waals surface area contributed by atoms with Gasteiger partial charge in [-0.05, 0) is 109 Å². The first kappa shape index (κ1) is 26.9. The SMILES string of the molecule is Cc1cccc(OCCCC(=O)N2CCCc3c(-c4ccnc(Nc5ccc(C(=O)O)cc5)c4)cccc32)c1C. The first-order chi connectivity index (χ1) is 19.4. The molecular weight excluding hydrogens is 502 g/mol. The van der Waals surface area contributed by atoms with Gasteiger partial charge in [-0.15, -0.1) is 0 Å². The minimum absolute atomic E-state index is 0.115. The van der Waals surface area contributed by atoms with E-state index in [4.69, 9.17) is 9.84 Å². The number of pyridine rings is 1. The van der Waals surface area contributed by atoms with Crippen molar-refractivity contribution in [2.75, 3.05) is 23.4 Å². The van der Waals surface area contributed by atoms with Crippen molar-refractivity contribution in [3.63, 3.8) is 0 Å². The minimum atomic E-state index is -0.960. The number of benzene rings is 3. The van der Waals surface area contributed by atoms with E-state index in [-0.39, 0.29) is 11.5 Å². The van der Waals surface area contributed by atoms with Crippen LogP contribution in [0.2, 0.25) is 0 Å². The number of amides is 1. The van der Waals surface area contributed by atoms with Crippen LogP contribution in [0.5, 0.6) is 5.75 Å². The maximum absolute atomic E-state index is 13.3. The second kappa shape index (κ2) is 12.0. The van der Waals surface area contributed by atoms with Gasteiger partial charge in [0.1, 0.15) is 11.6 Å². The van der Waals surface area contributed by atoms with Crippen molar-refractivity contribution in [1.29, 1.82) is 0 Å². The Labute approximate surface area is 234 Å². The largest absolute Gasteiger partial charge is 0.493 e. The lowest BCUT2D eigenvalue weighted by molar-refractivity contribution is -0.118. The average Bonchev–Trinajstić information content (AvgIpc) is 2.97. The number of hydrogen-bond donors (Lipinski definition) is 2. The highest BCUT2D eigenvalue weighted by Crippen LogP contribution is 2.36. The third-order valence-electron chi connectivity index (χ3n) is 7.37. The number of fused-ring (bicyclic) bond motifs is 1. The number of carboxylic acids is 1. The maximum Gasteiger partial charge on any atom is 0.335 e. The Morgan fingerprint density at radius 2 is 1.82 bits per heavy atom. The second-order valence-corrected chi connectivity index (χ2v) is 10.0. The number of carbonyl (C=O) groups is 2. The van der Waals surface area contributed by atoms with Crippen LogP contribution in [0.1, 0.15) is 46.3 Å². The Morgan fingerprint density at radius 1 is 1.02 bits per heavy atom. The third-order valence-corrected chi connectivity index (χ3v) is 7.37. The minimum Gasteiger partial charge on any atom is -0.493 e. The van der Waals surface area contributed by atoms with Crippen molar-refractivity contribution in [1.82, 2.24) is 4.98 Å². The van der Waals surface area contributed by atoms with Crippen LogP contribution < -0.4 is 15.0 Å². The van der Waals surface area contributed by atoms with E-state index in [1.165, 1.54) is 5.56 Å². The van der Waals surface area contributed by atoms with Crippen LogP contribution in [-0.4, -0.2) is 35.1 Å². The number of rotatable bonds is 9. The summed E-state index contributed by atoms with van der Waals surface area (Å²) < 4.78 is 5.96. The average molecular weight is 536 g/mol. The zero-order valence-electron chi connectivity index (χ0n) is 22.8. The van der Waals surface area contributed by atoms with Crippen LogP contribution >= 0.6 is 0 Å². The lowest BCUT2D eigenvalue weighted by Crippen LogP contribution is -2.35. The van der Waals surface area contributed by atoms with Crippen molar-refractivity contribution in [2.45, 2.75) is 39.5 Å². The quantitative estimate of drug-likeness (QED) is 0.226. The summed E-state index contributed by atoms with van der Waals surface area (Å²) in [6.07, 6.45) is 4.64. The van der Waals surface area contributed by atoms with Crippen molar-refractivity contribution < 1.29 is 19.4 Å². The smallest absolute Gasteiger partial charge is 0.335 e. The van der Waals surface area contributed by atoms with Crippen molar-refractivity contribution >= 4 is 29.1 Å². The highest BCUT2D eigenvalue weighted by molar-refractivity contribution is 5.96. The summed E-state index contributed by atoms with van der Waals surface area (Å²) in [5.74, 6) is 0.693. The van der Waals surface area contributed by atoms with Gasteiger partial charge in [0, 0.05) is 30.5 Å². The van der Waals surface area contributed by atoms with Crippen molar-refractivity contribution in [3.8, 4) is 16.9 Å². The number of aromatic carboxylic acids is 1. The first-order valence-corrected chi connectivity index (χ1v) is 13.6. The molecule has 0 aliphatic carbocycles. The van der Waals surface area contributed by atoms with Gasteiger partial charge in [-0.25, -0.2) is 9.78 Å². The fraction of sp³-hybridized carbons (Fsp3) is 0.242. The van der Waals surface area contributed by atoms with E-state index in [2.05, 4.69) is 36.3 Å². The molecule has 1 aliphatic heterocycles. The maximum atomic E-state index is 13.3. The van der Waals surface area contributed by atoms with Crippen LogP contribution in [-0.2, 0) is 11.2 Å². The predicted molar refractivity (Wildman–Crippen MR) is 158 cm³/mol. The van der Waals surface area contributed by atoms with Gasteiger partial charge in [-0.2, -0.15) is 0 Å². The normalized spacial score (nSPS) is 12.5. The summed E-state index contributed by atoms with van der Waals surface area (Å²) in [6.45, 7) is 5.34. The summed E-state index contributed by atoms with van der Waals surface area (Å²) in [5, 5.41) is 12.4. The highest BCUT2D eigenvalue weighted by atomic mass is 16.5. The number of ether oxygens (including phenoxy) is 1. The summed E-state index contributed by atoms with van der Waals surface area (Å²) >= 11 is 0. The Bertz CT molecular complexity index is 1530. The summed E-state index contributed by atoms with van der Waals surface area (Å²) in [7, 11) is 0. The molecule has 40 heavy (non-hydrogen) atoms. The molecule has 2 N–H and O–H groups in total. The standard InChI is InChI=1S/C33H33N3O4/c1-22-7-3-11-30(23(22)2)40-20-6-12-32(37)36-19-5-9-28-27(8-4-10-29(28)36)25-17-18-34-31(21-25)35-26-15-13-24(14-16-26)33(38)39/h3-4,7-8,10-11,13-18,21H,5-6,9,12,19-20H2,1-2H3,(H,34,35)(H,38,39). The summed E-state index contributed by atoms with van der Waals surface area (Å²) in [4.78, 5) is 30.8. The van der Waals surface area contributed by atoms with E-state index < -0.39 is 5.97 Å². The molecule has 0 spiro atoms. The zero-order valence-corrected chi connectivity index (χ0v) is 22.8. The third kappa shape index (κ3) is 5.99. The topological polar surface area (TPSA) is 91.8 Å². The molecular formula is C33H33N3O4. The zero-order chi connectivity index (χ0) is 28.1. The van der Waals surface area contributed by atoms with E-state index in [9.17, 15) is 9.59 Å². The number of nitrogens with zero attached hydrogens (tertiary/aromatic N) is 2. The fourth-order valence-corrected chi connectivity index (χ4v) is 5.09. The van der Waals surface area contributed by atoms with E-state index >= 15 is 0 Å². The number of nitrogens with one attached hydrogen (secondary N) is 1. The molecule has 2 heterocycles. The molecule has 7 heteroatoms. The van der Waals surface area contributed by atoms with Crippen LogP contribution in [0, 0.1) is 13.8 Å². The Hall–Kier alpha value is -4.65. The van der Waals surface area contributed by atoms with Crippen LogP contribution in [0.25, 0.3) is 11.1 Å². The molecule has 0 atom stereocenters. The number of aromatic nitrogens is 1. The lowest BCUT2D eigenvalue weighted by atomic mass is 9.92. The molecule has 0 fully saturated rings. The predicted octanol–water partition coefficient (Wildman–Crippen LogP) is 6.95. The highest BCUT2D eigenvalue weighted by Gasteiger charge is 2.24. The van der Waals surface area contributed by atoms with E-state index in [1.807, 2.05) is 41.3 Å². The van der Waals surface area contributed by atoms with Gasteiger partial charge in [-0.1, -0.05) is 24.3 Å². The number of carbonyl (C=O) groups excluding carboxylic acids is 1. The van der Waals surface area contributed by atoms with Gasteiger partial charge in [0.2, 0.25) is 5.91 Å². The van der Waals surface area contributed by atoms with Crippen LogP contribution in [0.15, 0.2) is 79.0 Å². The second-order valence-electron chi connectivity index (χ2n) is 10.0. The monoisotopic (exact) mass is 535 g/mol. The number of carboxylic acid groups (broad SMARTS) is 1. The van der Waals surface area contributed by atoms with Crippen molar-refractivity contribution in [2.24, 2.45) is 0 Å². The molecule has 1 aliphatic rings. The van der Waals surface area contributed by atoms with Crippen molar-refractivity contribution in [3.05, 3.63) is 101 Å². The lowest BCUT2D eigenvalue weighted by Gasteiger charge is -2.31. The molecule has 204 valence electrons. The van der Waals surface area contributed by atoms with Gasteiger partial charge in [0.15, 0.2) is 0 Å². The number of aryl methyl sites for hydroxylation is 1. The molecule has 1 aromatic heterocycles. The molecule has 0 saturated heterocycles. The van der Waals surface area contributed by atoms with E-state index in [0.29, 0.717) is 31.8 Å². The molecule has 7 nitrogen and oxygen atoms in total. The molecule has 4 aromatic rings. The fourth-order valence-electron chi connectivity index (χ4n) is 5.09. The van der Waals surface area contributed by atoms with Gasteiger partial charge in [0.05, 0.1) is 12.2 Å². The number of hydrogen-bond acceptors (Lipinski definition) is 5. The molecule has 0 saturated carbocycles.